The van der Waals surface area contributed by atoms with Gasteiger partial charge in [0, 0.05) is 5.54 Å². The Balaban J connectivity index is 5.25. The molecular formula is C13H21ClO4. The molecule has 0 aliphatic rings. The van der Waals surface area contributed by atoms with Crippen LogP contribution in [0, 0.1) is 5.41 Å². The first-order valence-corrected chi connectivity index (χ1v) is 6.62. The van der Waals surface area contributed by atoms with E-state index in [-0.39, 0.29) is 19.6 Å². The average Bonchev–Trinajstić information content (AvgIpc) is 2.35. The monoisotopic (exact) mass is 276 g/mol. The largest absolute Gasteiger partial charge is 0.465 e. The van der Waals surface area contributed by atoms with Crippen LogP contribution in [0.15, 0.2) is 11.6 Å². The third-order valence-electron chi connectivity index (χ3n) is 2.56. The van der Waals surface area contributed by atoms with Crippen LogP contribution in [0.2, 0.25) is 0 Å². The van der Waals surface area contributed by atoms with E-state index in [4.69, 9.17) is 21.1 Å². The van der Waals surface area contributed by atoms with Crippen LogP contribution in [-0.2, 0) is 19.1 Å². The van der Waals surface area contributed by atoms with Crippen LogP contribution in [0.3, 0.4) is 0 Å². The smallest absolute Gasteiger partial charge is 0.323 e. The van der Waals surface area contributed by atoms with E-state index in [0.29, 0.717) is 12.8 Å². The van der Waals surface area contributed by atoms with Crippen molar-refractivity contribution in [3.8, 4) is 0 Å². The van der Waals surface area contributed by atoms with Gasteiger partial charge in [-0.2, -0.15) is 0 Å². The van der Waals surface area contributed by atoms with Gasteiger partial charge in [-0.25, -0.2) is 0 Å². The van der Waals surface area contributed by atoms with Crippen LogP contribution in [0.1, 0.15) is 40.0 Å². The van der Waals surface area contributed by atoms with Crippen LogP contribution in [0.5, 0.6) is 0 Å². The van der Waals surface area contributed by atoms with Crippen LogP contribution < -0.4 is 0 Å². The Labute approximate surface area is 113 Å². The van der Waals surface area contributed by atoms with Crippen molar-refractivity contribution in [3.63, 3.8) is 0 Å². The van der Waals surface area contributed by atoms with Gasteiger partial charge >= 0.3 is 11.9 Å². The number of hydrogen-bond acceptors (Lipinski definition) is 4. The van der Waals surface area contributed by atoms with E-state index in [1.165, 1.54) is 5.54 Å². The van der Waals surface area contributed by atoms with Crippen LogP contribution in [-0.4, -0.2) is 25.2 Å². The summed E-state index contributed by atoms with van der Waals surface area (Å²) < 4.78 is 10.0. The third kappa shape index (κ3) is 4.33. The third-order valence-corrected chi connectivity index (χ3v) is 2.74. The summed E-state index contributed by atoms with van der Waals surface area (Å²) in [6.45, 7) is 5.77. The Morgan fingerprint density at radius 3 is 1.94 bits per heavy atom. The van der Waals surface area contributed by atoms with Crippen LogP contribution in [0.4, 0.5) is 0 Å². The van der Waals surface area contributed by atoms with Crippen molar-refractivity contribution in [1.29, 1.82) is 0 Å². The molecule has 0 atom stereocenters. The summed E-state index contributed by atoms with van der Waals surface area (Å²) in [6.07, 6.45) is 2.83. The Bertz CT molecular complexity index is 281. The fourth-order valence-electron chi connectivity index (χ4n) is 1.77. The van der Waals surface area contributed by atoms with Gasteiger partial charge in [0.15, 0.2) is 5.41 Å². The standard InChI is InChI=1S/C13H21ClO4/c1-4-8-13(9-7-10-14,11(15)17-5-2)12(16)18-6-3/h7,10H,4-6,8-9H2,1-3H3/b10-7+. The highest BCUT2D eigenvalue weighted by atomic mass is 35.5. The molecule has 0 bridgehead atoms. The van der Waals surface area contributed by atoms with Gasteiger partial charge in [-0.05, 0) is 26.7 Å². The number of carbonyl (C=O) groups excluding carboxylic acids is 2. The lowest BCUT2D eigenvalue weighted by atomic mass is 9.80. The Hall–Kier alpha value is -1.03. The van der Waals surface area contributed by atoms with Gasteiger partial charge in [-0.3, -0.25) is 9.59 Å². The van der Waals surface area contributed by atoms with E-state index >= 15 is 0 Å². The Morgan fingerprint density at radius 2 is 1.61 bits per heavy atom. The highest BCUT2D eigenvalue weighted by Gasteiger charge is 2.47. The first-order chi connectivity index (χ1) is 8.58. The Morgan fingerprint density at radius 1 is 1.11 bits per heavy atom. The molecule has 18 heavy (non-hydrogen) atoms. The van der Waals surface area contributed by atoms with Crippen LogP contribution >= 0.6 is 11.6 Å². The van der Waals surface area contributed by atoms with Gasteiger partial charge in [-0.15, -0.1) is 0 Å². The minimum atomic E-state index is -1.27. The molecular weight excluding hydrogens is 256 g/mol. The predicted molar refractivity (Wildman–Crippen MR) is 70.2 cm³/mol. The van der Waals surface area contributed by atoms with Crippen molar-refractivity contribution in [2.24, 2.45) is 5.41 Å². The van der Waals surface area contributed by atoms with E-state index in [9.17, 15) is 9.59 Å². The first-order valence-electron chi connectivity index (χ1n) is 6.18. The molecule has 0 amide bonds. The zero-order chi connectivity index (χ0) is 14.0. The molecule has 104 valence electrons. The number of halogens is 1. The van der Waals surface area contributed by atoms with Crippen molar-refractivity contribution in [3.05, 3.63) is 11.6 Å². The molecule has 0 aromatic carbocycles. The second-order valence-corrected chi connectivity index (χ2v) is 4.09. The van der Waals surface area contributed by atoms with E-state index in [1.54, 1.807) is 19.9 Å². The minimum absolute atomic E-state index is 0.196. The molecule has 0 aliphatic heterocycles. The molecule has 0 fully saturated rings. The van der Waals surface area contributed by atoms with Gasteiger partial charge in [0.1, 0.15) is 0 Å². The van der Waals surface area contributed by atoms with Crippen molar-refractivity contribution < 1.29 is 19.1 Å². The zero-order valence-corrected chi connectivity index (χ0v) is 12.0. The van der Waals surface area contributed by atoms with Crippen molar-refractivity contribution in [1.82, 2.24) is 0 Å². The van der Waals surface area contributed by atoms with Crippen molar-refractivity contribution in [2.75, 3.05) is 13.2 Å². The second kappa shape index (κ2) is 8.97. The fraction of sp³-hybridized carbons (Fsp3) is 0.692. The maximum Gasteiger partial charge on any atom is 0.323 e. The lowest BCUT2D eigenvalue weighted by molar-refractivity contribution is -0.172. The van der Waals surface area contributed by atoms with Gasteiger partial charge in [0.25, 0.3) is 0 Å². The van der Waals surface area contributed by atoms with E-state index in [1.807, 2.05) is 6.92 Å². The molecule has 0 aromatic heterocycles. The van der Waals surface area contributed by atoms with Gasteiger partial charge < -0.3 is 9.47 Å². The highest BCUT2D eigenvalue weighted by molar-refractivity contribution is 6.25. The van der Waals surface area contributed by atoms with E-state index < -0.39 is 17.4 Å². The minimum Gasteiger partial charge on any atom is -0.465 e. The van der Waals surface area contributed by atoms with Crippen molar-refractivity contribution in [2.45, 2.75) is 40.0 Å². The molecule has 0 radical (unpaired) electrons. The number of allylic oxidation sites excluding steroid dienone is 1. The van der Waals surface area contributed by atoms with E-state index in [2.05, 4.69) is 0 Å². The Kier molecular flexibility index (Phi) is 8.46. The number of carbonyl (C=O) groups is 2. The molecule has 0 rings (SSSR count). The number of hydrogen-bond donors (Lipinski definition) is 0. The molecule has 5 heteroatoms. The van der Waals surface area contributed by atoms with Crippen molar-refractivity contribution >= 4 is 23.5 Å². The average molecular weight is 277 g/mol. The fourth-order valence-corrected chi connectivity index (χ4v) is 1.86. The summed E-state index contributed by atoms with van der Waals surface area (Å²) in [6, 6.07) is 0. The summed E-state index contributed by atoms with van der Waals surface area (Å²) in [5.41, 5.74) is 0.0228. The SMILES string of the molecule is CCCC(C/C=C/Cl)(C(=O)OCC)C(=O)OCC. The maximum atomic E-state index is 12.1. The highest BCUT2D eigenvalue weighted by Crippen LogP contribution is 2.32. The topological polar surface area (TPSA) is 52.6 Å². The van der Waals surface area contributed by atoms with Gasteiger partial charge in [-0.1, -0.05) is 31.0 Å². The molecule has 0 spiro atoms. The quantitative estimate of drug-likeness (QED) is 0.505. The summed E-state index contributed by atoms with van der Waals surface area (Å²) in [7, 11) is 0. The van der Waals surface area contributed by atoms with Gasteiger partial charge in [0.2, 0.25) is 0 Å². The molecule has 0 aliphatic carbocycles. The number of rotatable bonds is 8. The summed E-state index contributed by atoms with van der Waals surface area (Å²) >= 11 is 5.49. The molecule has 0 heterocycles. The maximum absolute atomic E-state index is 12.1. The second-order valence-electron chi connectivity index (χ2n) is 3.84. The number of esters is 2. The molecule has 0 N–H and O–H groups in total. The number of ether oxygens (including phenoxy) is 2. The van der Waals surface area contributed by atoms with Gasteiger partial charge in [0.05, 0.1) is 13.2 Å². The molecule has 0 saturated heterocycles. The summed E-state index contributed by atoms with van der Waals surface area (Å²) in [4.78, 5) is 24.2. The molecule has 0 aromatic rings. The zero-order valence-electron chi connectivity index (χ0n) is 11.2. The summed E-state index contributed by atoms with van der Waals surface area (Å²) in [5, 5.41) is 0. The molecule has 0 unspecified atom stereocenters. The lowest BCUT2D eigenvalue weighted by Crippen LogP contribution is -2.41. The predicted octanol–water partition coefficient (Wildman–Crippen LogP) is 3.04. The lowest BCUT2D eigenvalue weighted by Gasteiger charge is -2.27. The normalized spacial score (nSPS) is 11.6. The van der Waals surface area contributed by atoms with Crippen LogP contribution in [0.25, 0.3) is 0 Å². The summed E-state index contributed by atoms with van der Waals surface area (Å²) in [5.74, 6) is -1.08. The first kappa shape index (κ1) is 17.0. The molecule has 0 saturated carbocycles. The molecule has 4 nitrogen and oxygen atoms in total. The van der Waals surface area contributed by atoms with E-state index in [0.717, 1.165) is 0 Å².